The smallest absolute Gasteiger partial charge is 0.512 e. The SMILES string of the molecule is [B]C([B])([B])Oc1cc(OC(F)(F)F)ccc1Oc1ccc(C(F)(F)F)c(F)c1C(=O)O. The van der Waals surface area contributed by atoms with E-state index < -0.39 is 63.7 Å². The fourth-order valence-electron chi connectivity index (χ4n) is 2.22. The lowest BCUT2D eigenvalue weighted by molar-refractivity contribution is -0.274. The molecule has 5 nitrogen and oxygen atoms in total. The van der Waals surface area contributed by atoms with Gasteiger partial charge in [0.25, 0.3) is 0 Å². The summed E-state index contributed by atoms with van der Waals surface area (Å²) in [6, 6.07) is 2.66. The monoisotopic (exact) mass is 444 g/mol. The predicted molar refractivity (Wildman–Crippen MR) is 92.2 cm³/mol. The number of hydrogen-bond donors (Lipinski definition) is 1. The van der Waals surface area contributed by atoms with Crippen molar-refractivity contribution in [2.24, 2.45) is 0 Å². The molecule has 0 amide bonds. The van der Waals surface area contributed by atoms with E-state index in [2.05, 4.69) is 4.74 Å². The fourth-order valence-corrected chi connectivity index (χ4v) is 2.22. The molecule has 0 aliphatic heterocycles. The van der Waals surface area contributed by atoms with Crippen LogP contribution in [0, 0.1) is 5.82 Å². The molecule has 1 N–H and O–H groups in total. The normalized spacial score (nSPS) is 12.4. The van der Waals surface area contributed by atoms with Gasteiger partial charge in [0, 0.05) is 6.07 Å². The van der Waals surface area contributed by atoms with Gasteiger partial charge < -0.3 is 19.3 Å². The molecule has 2 aromatic rings. The van der Waals surface area contributed by atoms with Gasteiger partial charge in [-0.2, -0.15) is 13.2 Å². The molecule has 0 heterocycles. The quantitative estimate of drug-likeness (QED) is 0.544. The van der Waals surface area contributed by atoms with Crippen LogP contribution in [0.3, 0.4) is 0 Å². The summed E-state index contributed by atoms with van der Waals surface area (Å²) in [6.45, 7) is 0. The molecule has 31 heavy (non-hydrogen) atoms. The summed E-state index contributed by atoms with van der Waals surface area (Å²) in [7, 11) is 15.6. The number of carboxylic acid groups (broad SMARTS) is 1. The van der Waals surface area contributed by atoms with Crippen LogP contribution in [-0.4, -0.2) is 46.3 Å². The van der Waals surface area contributed by atoms with Crippen LogP contribution in [0.5, 0.6) is 23.0 Å². The first kappa shape index (κ1) is 24.3. The van der Waals surface area contributed by atoms with Gasteiger partial charge in [-0.1, -0.05) is 0 Å². The van der Waals surface area contributed by atoms with E-state index >= 15 is 0 Å². The van der Waals surface area contributed by atoms with Crippen molar-refractivity contribution in [3.63, 3.8) is 0 Å². The minimum absolute atomic E-state index is 0.206. The van der Waals surface area contributed by atoms with Crippen LogP contribution >= 0.6 is 0 Å². The van der Waals surface area contributed by atoms with Crippen LogP contribution in [0.25, 0.3) is 0 Å². The summed E-state index contributed by atoms with van der Waals surface area (Å²) in [4.78, 5) is 11.3. The van der Waals surface area contributed by atoms with E-state index in [-0.39, 0.29) is 6.07 Å². The third kappa shape index (κ3) is 6.50. The molecule has 158 valence electrons. The molecule has 0 bridgehead atoms. The molecule has 0 spiro atoms. The van der Waals surface area contributed by atoms with Crippen LogP contribution in [0.1, 0.15) is 15.9 Å². The van der Waals surface area contributed by atoms with Gasteiger partial charge in [0.1, 0.15) is 40.6 Å². The lowest BCUT2D eigenvalue weighted by atomic mass is 9.52. The second kappa shape index (κ2) is 8.27. The molecule has 0 unspecified atom stereocenters. The van der Waals surface area contributed by atoms with Crippen LogP contribution in [-0.2, 0) is 6.18 Å². The zero-order valence-corrected chi connectivity index (χ0v) is 14.8. The van der Waals surface area contributed by atoms with Gasteiger partial charge in [-0.3, -0.25) is 0 Å². The molecule has 0 aliphatic rings. The highest BCUT2D eigenvalue weighted by molar-refractivity contribution is 6.58. The number of ether oxygens (including phenoxy) is 3. The number of benzene rings is 2. The van der Waals surface area contributed by atoms with Gasteiger partial charge in [0.05, 0.1) is 5.56 Å². The van der Waals surface area contributed by atoms with Crippen molar-refractivity contribution in [1.82, 2.24) is 0 Å². The maximum Gasteiger partial charge on any atom is 0.573 e. The van der Waals surface area contributed by atoms with E-state index in [1.54, 1.807) is 0 Å². The van der Waals surface area contributed by atoms with E-state index in [1.165, 1.54) is 0 Å². The largest absolute Gasteiger partial charge is 0.573 e. The highest BCUT2D eigenvalue weighted by Gasteiger charge is 2.37. The zero-order chi connectivity index (χ0) is 23.8. The van der Waals surface area contributed by atoms with Crippen molar-refractivity contribution in [2.45, 2.75) is 17.8 Å². The molecule has 0 aromatic heterocycles. The second-order valence-corrected chi connectivity index (χ2v) is 5.82. The maximum absolute atomic E-state index is 14.2. The standard InChI is InChI=1S/C16H6B3F7O5/c17-15(18,19)31-10-5-6(30-16(24,25)26)1-3-8(10)29-9-4-2-7(14(21,22)23)12(20)11(9)13(27)28/h1-5H,(H,27,28). The number of carbonyl (C=O) groups is 1. The molecule has 15 heteroatoms. The van der Waals surface area contributed by atoms with Crippen molar-refractivity contribution in [3.05, 3.63) is 47.3 Å². The molecule has 0 saturated heterocycles. The number of aromatic carboxylic acids is 1. The second-order valence-electron chi connectivity index (χ2n) is 5.82. The van der Waals surface area contributed by atoms with Gasteiger partial charge in [-0.15, -0.1) is 13.2 Å². The minimum Gasteiger partial charge on any atom is -0.512 e. The van der Waals surface area contributed by atoms with Crippen molar-refractivity contribution in [2.75, 3.05) is 0 Å². The van der Waals surface area contributed by atoms with Crippen molar-refractivity contribution >= 4 is 29.5 Å². The number of rotatable bonds is 6. The van der Waals surface area contributed by atoms with E-state index in [0.29, 0.717) is 18.2 Å². The van der Waals surface area contributed by atoms with Gasteiger partial charge in [0.15, 0.2) is 17.3 Å². The van der Waals surface area contributed by atoms with E-state index in [4.69, 9.17) is 38.1 Å². The Labute approximate surface area is 173 Å². The van der Waals surface area contributed by atoms with Crippen molar-refractivity contribution < 1.29 is 54.8 Å². The number of hydrogen-bond acceptors (Lipinski definition) is 4. The molecular weight excluding hydrogens is 438 g/mol. The first-order valence-electron chi connectivity index (χ1n) is 7.74. The molecule has 2 rings (SSSR count). The van der Waals surface area contributed by atoms with Crippen LogP contribution < -0.4 is 14.2 Å². The van der Waals surface area contributed by atoms with E-state index in [0.717, 1.165) is 6.07 Å². The van der Waals surface area contributed by atoms with Gasteiger partial charge >= 0.3 is 18.5 Å². The number of halogens is 7. The molecule has 0 saturated carbocycles. The Morgan fingerprint density at radius 1 is 0.871 bits per heavy atom. The van der Waals surface area contributed by atoms with E-state index in [1.807, 2.05) is 0 Å². The molecule has 2 aromatic carbocycles. The minimum atomic E-state index is -5.21. The van der Waals surface area contributed by atoms with Crippen LogP contribution in [0.2, 0.25) is 0 Å². The average molecular weight is 444 g/mol. The Bertz CT molecular complexity index is 987. The van der Waals surface area contributed by atoms with Crippen molar-refractivity contribution in [3.8, 4) is 23.0 Å². The summed E-state index contributed by atoms with van der Waals surface area (Å²) in [5, 5.41) is 6.64. The van der Waals surface area contributed by atoms with Crippen molar-refractivity contribution in [1.29, 1.82) is 0 Å². The van der Waals surface area contributed by atoms with Gasteiger partial charge in [0.2, 0.25) is 0 Å². The Balaban J connectivity index is 2.56. The third-order valence-electron chi connectivity index (χ3n) is 3.28. The molecule has 6 radical (unpaired) electrons. The maximum atomic E-state index is 14.2. The fraction of sp³-hybridized carbons (Fsp3) is 0.188. The molecular formula is C16H6B3F7O5. The van der Waals surface area contributed by atoms with E-state index in [9.17, 15) is 35.5 Å². The third-order valence-corrected chi connectivity index (χ3v) is 3.28. The predicted octanol–water partition coefficient (Wildman–Crippen LogP) is 3.73. The highest BCUT2D eigenvalue weighted by atomic mass is 19.4. The Morgan fingerprint density at radius 3 is 1.94 bits per heavy atom. The summed E-state index contributed by atoms with van der Waals surface area (Å²) in [6.07, 6.45) is -10.3. The number of alkyl halides is 6. The van der Waals surface area contributed by atoms with Crippen LogP contribution in [0.4, 0.5) is 30.7 Å². The summed E-state index contributed by atoms with van der Waals surface area (Å²) < 4.78 is 103. The highest BCUT2D eigenvalue weighted by Crippen LogP contribution is 2.41. The Kier molecular flexibility index (Phi) is 6.48. The zero-order valence-electron chi connectivity index (χ0n) is 14.8. The lowest BCUT2D eigenvalue weighted by Crippen LogP contribution is -2.37. The summed E-state index contributed by atoms with van der Waals surface area (Å²) >= 11 is 0. The first-order chi connectivity index (χ1) is 14.0. The first-order valence-corrected chi connectivity index (χ1v) is 7.74. The Hall–Kier alpha value is -2.99. The van der Waals surface area contributed by atoms with Gasteiger partial charge in [-0.05, 0) is 29.6 Å². The topological polar surface area (TPSA) is 65.0 Å². The van der Waals surface area contributed by atoms with Crippen LogP contribution in [0.15, 0.2) is 30.3 Å². The summed E-state index contributed by atoms with van der Waals surface area (Å²) in [5.41, 5.74) is -3.39. The summed E-state index contributed by atoms with van der Waals surface area (Å²) in [5.74, 6) is -7.43. The average Bonchev–Trinajstić information content (AvgIpc) is 2.52. The van der Waals surface area contributed by atoms with Gasteiger partial charge in [-0.25, -0.2) is 9.18 Å². The molecule has 0 fully saturated rings. The Morgan fingerprint density at radius 2 is 1.45 bits per heavy atom. The molecule has 0 atom stereocenters. The number of carboxylic acids is 1. The lowest BCUT2D eigenvalue weighted by Gasteiger charge is -2.25. The molecule has 0 aliphatic carbocycles.